The number of halogens is 3. The molecule has 1 amide bonds. The molecule has 1 aromatic heterocycles. The van der Waals surface area contributed by atoms with Crippen molar-refractivity contribution >= 4 is 23.0 Å². The first-order chi connectivity index (χ1) is 12.4. The first-order valence-corrected chi connectivity index (χ1v) is 7.69. The summed E-state index contributed by atoms with van der Waals surface area (Å²) in [5, 5.41) is 5.37. The van der Waals surface area contributed by atoms with Gasteiger partial charge in [-0.3, -0.25) is 9.78 Å². The van der Waals surface area contributed by atoms with Crippen molar-refractivity contribution in [2.75, 3.05) is 10.6 Å². The van der Waals surface area contributed by atoms with E-state index in [4.69, 9.17) is 0 Å². The number of nitrogens with zero attached hydrogens (tertiary/aromatic N) is 1. The van der Waals surface area contributed by atoms with Crippen molar-refractivity contribution in [1.82, 2.24) is 4.98 Å². The lowest BCUT2D eigenvalue weighted by molar-refractivity contribution is -0.136. The van der Waals surface area contributed by atoms with E-state index in [2.05, 4.69) is 15.6 Å². The van der Waals surface area contributed by atoms with Gasteiger partial charge in [0, 0.05) is 17.6 Å². The van der Waals surface area contributed by atoms with Crippen LogP contribution in [0, 0.1) is 0 Å². The van der Waals surface area contributed by atoms with Gasteiger partial charge in [0.25, 0.3) is 5.91 Å². The van der Waals surface area contributed by atoms with Crippen LogP contribution in [-0.4, -0.2) is 10.9 Å². The number of para-hydroxylation sites is 2. The maximum Gasteiger partial charge on any atom is 0.418 e. The zero-order valence-electron chi connectivity index (χ0n) is 13.4. The molecule has 0 unspecified atom stereocenters. The van der Waals surface area contributed by atoms with E-state index in [0.29, 0.717) is 5.69 Å². The van der Waals surface area contributed by atoms with Gasteiger partial charge in [0.1, 0.15) is 5.69 Å². The summed E-state index contributed by atoms with van der Waals surface area (Å²) in [5.74, 6) is -0.724. The van der Waals surface area contributed by atoms with Gasteiger partial charge >= 0.3 is 6.18 Å². The van der Waals surface area contributed by atoms with Crippen LogP contribution in [-0.2, 0) is 6.18 Å². The topological polar surface area (TPSA) is 54.0 Å². The molecule has 0 fully saturated rings. The molecule has 0 saturated carbocycles. The van der Waals surface area contributed by atoms with Crippen LogP contribution >= 0.6 is 0 Å². The number of carbonyl (C=O) groups is 1. The number of anilines is 3. The Morgan fingerprint density at radius 2 is 1.58 bits per heavy atom. The van der Waals surface area contributed by atoms with Crippen molar-refractivity contribution in [3.05, 3.63) is 84.2 Å². The van der Waals surface area contributed by atoms with E-state index in [0.717, 1.165) is 11.8 Å². The van der Waals surface area contributed by atoms with E-state index in [1.165, 1.54) is 30.5 Å². The highest BCUT2D eigenvalue weighted by Gasteiger charge is 2.33. The summed E-state index contributed by atoms with van der Waals surface area (Å²) in [6, 6.07) is 17.2. The summed E-state index contributed by atoms with van der Waals surface area (Å²) in [5.41, 5.74) is 0.191. The molecule has 132 valence electrons. The number of hydrogen-bond acceptors (Lipinski definition) is 3. The molecule has 26 heavy (non-hydrogen) atoms. The van der Waals surface area contributed by atoms with Gasteiger partial charge in [-0.05, 0) is 36.4 Å². The minimum Gasteiger partial charge on any atom is -0.355 e. The number of hydrogen-bond donors (Lipinski definition) is 2. The lowest BCUT2D eigenvalue weighted by atomic mass is 10.1. The van der Waals surface area contributed by atoms with Crippen LogP contribution in [0.4, 0.5) is 30.2 Å². The highest BCUT2D eigenvalue weighted by molar-refractivity contribution is 6.03. The molecule has 0 aliphatic carbocycles. The minimum atomic E-state index is -4.56. The molecular weight excluding hydrogens is 343 g/mol. The van der Waals surface area contributed by atoms with E-state index in [9.17, 15) is 18.0 Å². The Labute approximate surface area is 147 Å². The molecule has 0 saturated heterocycles. The molecular formula is C19H14F3N3O. The molecule has 2 aromatic carbocycles. The molecule has 0 spiro atoms. The SMILES string of the molecule is O=C(Nc1ccccc1C(F)(F)F)c1cc(Nc2ccccc2)ccn1. The fourth-order valence-corrected chi connectivity index (χ4v) is 2.35. The van der Waals surface area contributed by atoms with Gasteiger partial charge in [-0.25, -0.2) is 0 Å². The lowest BCUT2D eigenvalue weighted by Crippen LogP contribution is -2.17. The summed E-state index contributed by atoms with van der Waals surface area (Å²) in [6.45, 7) is 0. The van der Waals surface area contributed by atoms with Crippen molar-refractivity contribution in [2.24, 2.45) is 0 Å². The standard InChI is InChI=1S/C19H14F3N3O/c20-19(21,22)15-8-4-5-9-16(15)25-18(26)17-12-14(10-11-23-17)24-13-6-2-1-3-7-13/h1-12H,(H,23,24)(H,25,26). The quantitative estimate of drug-likeness (QED) is 0.683. The average molecular weight is 357 g/mol. The zero-order valence-corrected chi connectivity index (χ0v) is 13.4. The predicted molar refractivity (Wildman–Crippen MR) is 93.4 cm³/mol. The molecule has 3 aromatic rings. The van der Waals surface area contributed by atoms with Gasteiger partial charge in [0.2, 0.25) is 0 Å². The number of carbonyl (C=O) groups excluding carboxylic acids is 1. The van der Waals surface area contributed by atoms with Crippen molar-refractivity contribution in [1.29, 1.82) is 0 Å². The summed E-state index contributed by atoms with van der Waals surface area (Å²) in [6.07, 6.45) is -3.15. The van der Waals surface area contributed by atoms with E-state index < -0.39 is 17.6 Å². The molecule has 0 atom stereocenters. The zero-order chi connectivity index (χ0) is 18.6. The Bertz CT molecular complexity index is 911. The second-order valence-corrected chi connectivity index (χ2v) is 5.42. The number of amides is 1. The van der Waals surface area contributed by atoms with Gasteiger partial charge in [-0.1, -0.05) is 30.3 Å². The van der Waals surface area contributed by atoms with Crippen LogP contribution in [0.1, 0.15) is 16.1 Å². The van der Waals surface area contributed by atoms with E-state index in [-0.39, 0.29) is 11.4 Å². The van der Waals surface area contributed by atoms with Gasteiger partial charge in [-0.15, -0.1) is 0 Å². The highest BCUT2D eigenvalue weighted by atomic mass is 19.4. The predicted octanol–water partition coefficient (Wildman–Crippen LogP) is 5.10. The van der Waals surface area contributed by atoms with Gasteiger partial charge in [0.05, 0.1) is 11.3 Å². The maximum absolute atomic E-state index is 13.0. The second-order valence-electron chi connectivity index (χ2n) is 5.42. The molecule has 2 N–H and O–H groups in total. The summed E-state index contributed by atoms with van der Waals surface area (Å²) in [4.78, 5) is 16.3. The Hall–Kier alpha value is -3.35. The summed E-state index contributed by atoms with van der Waals surface area (Å²) in [7, 11) is 0. The number of pyridine rings is 1. The molecule has 0 bridgehead atoms. The molecule has 0 aliphatic rings. The number of nitrogens with one attached hydrogen (secondary N) is 2. The third kappa shape index (κ3) is 4.18. The van der Waals surface area contributed by atoms with Crippen LogP contribution in [0.25, 0.3) is 0 Å². The van der Waals surface area contributed by atoms with E-state index in [1.54, 1.807) is 6.07 Å². The van der Waals surface area contributed by atoms with Crippen LogP contribution in [0.5, 0.6) is 0 Å². The monoisotopic (exact) mass is 357 g/mol. The third-order valence-corrected chi connectivity index (χ3v) is 3.54. The van der Waals surface area contributed by atoms with Crippen LogP contribution < -0.4 is 10.6 Å². The van der Waals surface area contributed by atoms with E-state index >= 15 is 0 Å². The van der Waals surface area contributed by atoms with Gasteiger partial charge in [-0.2, -0.15) is 13.2 Å². The molecule has 3 rings (SSSR count). The molecule has 4 nitrogen and oxygen atoms in total. The second kappa shape index (κ2) is 7.26. The van der Waals surface area contributed by atoms with Crippen LogP contribution in [0.15, 0.2) is 72.9 Å². The average Bonchev–Trinajstić information content (AvgIpc) is 2.62. The molecule has 7 heteroatoms. The molecule has 0 radical (unpaired) electrons. The molecule has 0 aliphatic heterocycles. The number of rotatable bonds is 4. The maximum atomic E-state index is 13.0. The number of alkyl halides is 3. The Balaban J connectivity index is 1.80. The van der Waals surface area contributed by atoms with E-state index in [1.807, 2.05) is 30.3 Å². The molecule has 1 heterocycles. The van der Waals surface area contributed by atoms with Crippen molar-refractivity contribution in [2.45, 2.75) is 6.18 Å². The minimum absolute atomic E-state index is 0.00269. The smallest absolute Gasteiger partial charge is 0.355 e. The first kappa shape index (κ1) is 17.5. The Kier molecular flexibility index (Phi) is 4.88. The largest absolute Gasteiger partial charge is 0.418 e. The fraction of sp³-hybridized carbons (Fsp3) is 0.0526. The van der Waals surface area contributed by atoms with Gasteiger partial charge < -0.3 is 10.6 Å². The number of aromatic nitrogens is 1. The van der Waals surface area contributed by atoms with Crippen molar-refractivity contribution < 1.29 is 18.0 Å². The van der Waals surface area contributed by atoms with Gasteiger partial charge in [0.15, 0.2) is 0 Å². The number of benzene rings is 2. The van der Waals surface area contributed by atoms with Crippen LogP contribution in [0.2, 0.25) is 0 Å². The Morgan fingerprint density at radius 3 is 2.31 bits per heavy atom. The lowest BCUT2D eigenvalue weighted by Gasteiger charge is -2.13. The fourth-order valence-electron chi connectivity index (χ4n) is 2.35. The first-order valence-electron chi connectivity index (χ1n) is 7.69. The Morgan fingerprint density at radius 1 is 0.885 bits per heavy atom. The highest BCUT2D eigenvalue weighted by Crippen LogP contribution is 2.34. The van der Waals surface area contributed by atoms with Crippen molar-refractivity contribution in [3.63, 3.8) is 0 Å². The normalized spacial score (nSPS) is 11.0. The summed E-state index contributed by atoms with van der Waals surface area (Å²) < 4.78 is 39.1. The third-order valence-electron chi connectivity index (χ3n) is 3.54. The summed E-state index contributed by atoms with van der Waals surface area (Å²) >= 11 is 0. The van der Waals surface area contributed by atoms with Crippen molar-refractivity contribution in [3.8, 4) is 0 Å². The van der Waals surface area contributed by atoms with Crippen LogP contribution in [0.3, 0.4) is 0 Å².